The fourth-order valence-electron chi connectivity index (χ4n) is 2.20. The number of rotatable bonds is 7. The van der Waals surface area contributed by atoms with Gasteiger partial charge in [0.1, 0.15) is 12.4 Å². The summed E-state index contributed by atoms with van der Waals surface area (Å²) in [5, 5.41) is 11.5. The Morgan fingerprint density at radius 2 is 2.50 bits per heavy atom. The third-order valence-corrected chi connectivity index (χ3v) is 4.50. The zero-order chi connectivity index (χ0) is 16.8. The molecule has 9 heteroatoms. The van der Waals surface area contributed by atoms with E-state index in [2.05, 4.69) is 20.5 Å². The zero-order valence-corrected chi connectivity index (χ0v) is 14.2. The van der Waals surface area contributed by atoms with Crippen molar-refractivity contribution in [2.45, 2.75) is 17.7 Å². The fourth-order valence-corrected chi connectivity index (χ4v) is 2.95. The number of amides is 1. The average molecular weight is 349 g/mol. The molecule has 3 rings (SSSR count). The average Bonchev–Trinajstić information content (AvgIpc) is 3.24. The molecular weight excluding hydrogens is 330 g/mol. The van der Waals surface area contributed by atoms with Crippen molar-refractivity contribution in [1.29, 1.82) is 0 Å². The van der Waals surface area contributed by atoms with Crippen LogP contribution in [0.2, 0.25) is 0 Å². The maximum absolute atomic E-state index is 12.2. The van der Waals surface area contributed by atoms with Gasteiger partial charge in [-0.05, 0) is 6.07 Å². The van der Waals surface area contributed by atoms with Gasteiger partial charge in [0.2, 0.25) is 5.88 Å². The second-order valence-electron chi connectivity index (χ2n) is 5.31. The number of carbonyl (C=O) groups excluding carboxylic acids is 1. The lowest BCUT2D eigenvalue weighted by molar-refractivity contribution is 0.0954. The van der Waals surface area contributed by atoms with Gasteiger partial charge in [-0.1, -0.05) is 11.8 Å². The molecule has 1 amide bonds. The second kappa shape index (κ2) is 8.11. The maximum atomic E-state index is 12.2. The van der Waals surface area contributed by atoms with E-state index in [1.165, 1.54) is 11.8 Å². The van der Waals surface area contributed by atoms with Crippen LogP contribution in [0.5, 0.6) is 5.88 Å². The minimum absolute atomic E-state index is 0.0126. The Kier molecular flexibility index (Phi) is 5.65. The largest absolute Gasteiger partial charge is 0.472 e. The first-order chi connectivity index (χ1) is 11.7. The third kappa shape index (κ3) is 4.45. The summed E-state index contributed by atoms with van der Waals surface area (Å²) in [7, 11) is 1.88. The summed E-state index contributed by atoms with van der Waals surface area (Å²) in [6.45, 7) is 1.80. The Balaban J connectivity index is 1.46. The predicted octanol–water partition coefficient (Wildman–Crippen LogP) is 0.900. The number of ether oxygens (including phenoxy) is 2. The first-order valence-electron chi connectivity index (χ1n) is 7.68. The molecule has 0 bridgehead atoms. The van der Waals surface area contributed by atoms with Crippen LogP contribution in [0, 0.1) is 0 Å². The number of pyridine rings is 1. The first-order valence-corrected chi connectivity index (χ1v) is 8.66. The van der Waals surface area contributed by atoms with Crippen LogP contribution in [-0.4, -0.2) is 57.3 Å². The monoisotopic (exact) mass is 349 g/mol. The van der Waals surface area contributed by atoms with Gasteiger partial charge in [-0.2, -0.15) is 0 Å². The Morgan fingerprint density at radius 3 is 3.25 bits per heavy atom. The van der Waals surface area contributed by atoms with Crippen LogP contribution in [0.15, 0.2) is 29.8 Å². The SMILES string of the molecule is Cn1cnnc1SCCNC(=O)c1ccnc(O[C@@H]2CCOC2)c1. The highest BCUT2D eigenvalue weighted by atomic mass is 32.2. The van der Waals surface area contributed by atoms with E-state index in [-0.39, 0.29) is 12.0 Å². The van der Waals surface area contributed by atoms with Crippen molar-refractivity contribution in [3.05, 3.63) is 30.2 Å². The van der Waals surface area contributed by atoms with E-state index in [9.17, 15) is 4.79 Å². The molecule has 1 saturated heterocycles. The van der Waals surface area contributed by atoms with Crippen LogP contribution >= 0.6 is 11.8 Å². The molecule has 1 N–H and O–H groups in total. The number of carbonyl (C=O) groups is 1. The quantitative estimate of drug-likeness (QED) is 0.586. The van der Waals surface area contributed by atoms with Crippen LogP contribution < -0.4 is 10.1 Å². The number of aryl methyl sites for hydroxylation is 1. The highest BCUT2D eigenvalue weighted by molar-refractivity contribution is 7.99. The highest BCUT2D eigenvalue weighted by Crippen LogP contribution is 2.16. The van der Waals surface area contributed by atoms with Crippen LogP contribution in [-0.2, 0) is 11.8 Å². The van der Waals surface area contributed by atoms with Crippen molar-refractivity contribution >= 4 is 17.7 Å². The normalized spacial score (nSPS) is 17.0. The van der Waals surface area contributed by atoms with Gasteiger partial charge in [0.15, 0.2) is 5.16 Å². The predicted molar refractivity (Wildman–Crippen MR) is 88.1 cm³/mol. The molecular formula is C15H19N5O3S. The van der Waals surface area contributed by atoms with Crippen molar-refractivity contribution < 1.29 is 14.3 Å². The number of thioether (sulfide) groups is 1. The first kappa shape index (κ1) is 16.7. The lowest BCUT2D eigenvalue weighted by Crippen LogP contribution is -2.26. The van der Waals surface area contributed by atoms with Crippen molar-refractivity contribution in [3.63, 3.8) is 0 Å². The van der Waals surface area contributed by atoms with Crippen LogP contribution in [0.25, 0.3) is 0 Å². The molecule has 0 spiro atoms. The van der Waals surface area contributed by atoms with Crippen LogP contribution in [0.1, 0.15) is 16.8 Å². The van der Waals surface area contributed by atoms with Gasteiger partial charge in [-0.15, -0.1) is 10.2 Å². The van der Waals surface area contributed by atoms with Crippen molar-refractivity contribution in [1.82, 2.24) is 25.1 Å². The molecule has 1 aliphatic heterocycles. The lowest BCUT2D eigenvalue weighted by atomic mass is 10.2. The molecule has 0 radical (unpaired) electrons. The number of nitrogens with one attached hydrogen (secondary N) is 1. The van der Waals surface area contributed by atoms with E-state index in [1.807, 2.05) is 11.6 Å². The smallest absolute Gasteiger partial charge is 0.251 e. The minimum Gasteiger partial charge on any atom is -0.472 e. The molecule has 24 heavy (non-hydrogen) atoms. The summed E-state index contributed by atoms with van der Waals surface area (Å²) in [5.74, 6) is 1.02. The molecule has 0 unspecified atom stereocenters. The van der Waals surface area contributed by atoms with Crippen LogP contribution in [0.3, 0.4) is 0 Å². The summed E-state index contributed by atoms with van der Waals surface area (Å²) in [6.07, 6.45) is 4.08. The van der Waals surface area contributed by atoms with Crippen LogP contribution in [0.4, 0.5) is 0 Å². The summed E-state index contributed by atoms with van der Waals surface area (Å²) >= 11 is 1.54. The number of aromatic nitrogens is 4. The zero-order valence-electron chi connectivity index (χ0n) is 13.3. The molecule has 3 heterocycles. The van der Waals surface area contributed by atoms with E-state index >= 15 is 0 Å². The third-order valence-electron chi connectivity index (χ3n) is 3.46. The van der Waals surface area contributed by atoms with E-state index in [4.69, 9.17) is 9.47 Å². The molecule has 0 aromatic carbocycles. The number of hydrogen-bond acceptors (Lipinski definition) is 7. The Labute approximate surface area is 144 Å². The Morgan fingerprint density at radius 1 is 1.58 bits per heavy atom. The van der Waals surface area contributed by atoms with Gasteiger partial charge in [-0.3, -0.25) is 4.79 Å². The molecule has 1 fully saturated rings. The van der Waals surface area contributed by atoms with Gasteiger partial charge in [0.05, 0.1) is 13.2 Å². The molecule has 2 aromatic rings. The minimum atomic E-state index is -0.150. The maximum Gasteiger partial charge on any atom is 0.251 e. The second-order valence-corrected chi connectivity index (χ2v) is 6.38. The van der Waals surface area contributed by atoms with Crippen molar-refractivity contribution in [2.24, 2.45) is 7.05 Å². The van der Waals surface area contributed by atoms with E-state index in [0.717, 1.165) is 11.6 Å². The van der Waals surface area contributed by atoms with Crippen molar-refractivity contribution in [2.75, 3.05) is 25.5 Å². The van der Waals surface area contributed by atoms with Crippen molar-refractivity contribution in [3.8, 4) is 5.88 Å². The fraction of sp³-hybridized carbons (Fsp3) is 0.467. The van der Waals surface area contributed by atoms with Gasteiger partial charge in [0.25, 0.3) is 5.91 Å². The summed E-state index contributed by atoms with van der Waals surface area (Å²) in [4.78, 5) is 16.3. The Hall–Kier alpha value is -2.13. The van der Waals surface area contributed by atoms with Gasteiger partial charge in [-0.25, -0.2) is 4.98 Å². The van der Waals surface area contributed by atoms with E-state index in [0.29, 0.717) is 37.0 Å². The lowest BCUT2D eigenvalue weighted by Gasteiger charge is -2.11. The molecule has 2 aromatic heterocycles. The molecule has 128 valence electrons. The Bertz CT molecular complexity index is 687. The molecule has 8 nitrogen and oxygen atoms in total. The summed E-state index contributed by atoms with van der Waals surface area (Å²) < 4.78 is 12.8. The summed E-state index contributed by atoms with van der Waals surface area (Å²) in [6, 6.07) is 3.33. The molecule has 1 aliphatic rings. The number of nitrogens with zero attached hydrogens (tertiary/aromatic N) is 4. The molecule has 0 aliphatic carbocycles. The van der Waals surface area contributed by atoms with E-state index in [1.54, 1.807) is 24.7 Å². The number of hydrogen-bond donors (Lipinski definition) is 1. The summed E-state index contributed by atoms with van der Waals surface area (Å²) in [5.41, 5.74) is 0.530. The van der Waals surface area contributed by atoms with Gasteiger partial charge in [0, 0.05) is 43.6 Å². The molecule has 0 saturated carbocycles. The molecule has 1 atom stereocenters. The topological polar surface area (TPSA) is 91.2 Å². The van der Waals surface area contributed by atoms with Gasteiger partial charge >= 0.3 is 0 Å². The van der Waals surface area contributed by atoms with E-state index < -0.39 is 0 Å². The highest BCUT2D eigenvalue weighted by Gasteiger charge is 2.18. The van der Waals surface area contributed by atoms with Gasteiger partial charge < -0.3 is 19.4 Å². The standard InChI is InChI=1S/C15H19N5O3S/c1-20-10-18-19-15(20)24-7-5-17-14(21)11-2-4-16-13(8-11)23-12-3-6-22-9-12/h2,4,8,10,12H,3,5-7,9H2,1H3,(H,17,21)/t12-/m1/s1.